The van der Waals surface area contributed by atoms with Crippen molar-refractivity contribution in [2.24, 2.45) is 5.92 Å². The van der Waals surface area contributed by atoms with Crippen molar-refractivity contribution in [1.29, 1.82) is 0 Å². The van der Waals surface area contributed by atoms with Gasteiger partial charge in [-0.05, 0) is 62.2 Å². The van der Waals surface area contributed by atoms with Crippen LogP contribution in [0.15, 0.2) is 29.2 Å². The Morgan fingerprint density at radius 2 is 2.41 bits per heavy atom. The third-order valence-corrected chi connectivity index (χ3v) is 4.26. The van der Waals surface area contributed by atoms with Gasteiger partial charge in [0.1, 0.15) is 5.75 Å². The molecule has 17 heavy (non-hydrogen) atoms. The molecule has 1 fully saturated rings. The van der Waals surface area contributed by atoms with Crippen LogP contribution in [0.5, 0.6) is 5.75 Å². The molecule has 1 unspecified atom stereocenters. The van der Waals surface area contributed by atoms with Crippen LogP contribution in [0.3, 0.4) is 0 Å². The van der Waals surface area contributed by atoms with Gasteiger partial charge in [-0.2, -0.15) is 0 Å². The monoisotopic (exact) mass is 251 g/mol. The van der Waals surface area contributed by atoms with E-state index in [2.05, 4.69) is 23.5 Å². The highest BCUT2D eigenvalue weighted by Gasteiger charge is 2.12. The van der Waals surface area contributed by atoms with Crippen molar-refractivity contribution in [3.05, 3.63) is 24.3 Å². The first-order valence-electron chi connectivity index (χ1n) is 6.36. The second-order valence-corrected chi connectivity index (χ2v) is 5.70. The van der Waals surface area contributed by atoms with Crippen LogP contribution >= 0.6 is 11.8 Å². The maximum atomic E-state index is 5.23. The minimum atomic E-state index is 0.877. The Morgan fingerprint density at radius 1 is 1.47 bits per heavy atom. The van der Waals surface area contributed by atoms with E-state index in [1.165, 1.54) is 43.0 Å². The van der Waals surface area contributed by atoms with Crippen molar-refractivity contribution < 1.29 is 4.74 Å². The Morgan fingerprint density at radius 3 is 3.18 bits per heavy atom. The summed E-state index contributed by atoms with van der Waals surface area (Å²) in [6.45, 7) is 2.41. The van der Waals surface area contributed by atoms with E-state index in [0.29, 0.717) is 0 Å². The number of thioether (sulfide) groups is 1. The normalized spacial score (nSPS) is 20.2. The van der Waals surface area contributed by atoms with E-state index >= 15 is 0 Å². The van der Waals surface area contributed by atoms with Crippen molar-refractivity contribution in [2.75, 3.05) is 26.0 Å². The maximum Gasteiger partial charge on any atom is 0.119 e. The highest BCUT2D eigenvalue weighted by Crippen LogP contribution is 2.25. The average molecular weight is 251 g/mol. The van der Waals surface area contributed by atoms with Crippen LogP contribution in [0.1, 0.15) is 19.3 Å². The lowest BCUT2D eigenvalue weighted by atomic mass is 9.97. The minimum absolute atomic E-state index is 0.877. The summed E-state index contributed by atoms with van der Waals surface area (Å²) >= 11 is 1.94. The minimum Gasteiger partial charge on any atom is -0.497 e. The van der Waals surface area contributed by atoms with E-state index in [0.717, 1.165) is 11.7 Å². The summed E-state index contributed by atoms with van der Waals surface area (Å²) in [5.41, 5.74) is 0. The van der Waals surface area contributed by atoms with Gasteiger partial charge < -0.3 is 10.1 Å². The molecule has 1 N–H and O–H groups in total. The van der Waals surface area contributed by atoms with E-state index in [1.54, 1.807) is 7.11 Å². The summed E-state index contributed by atoms with van der Waals surface area (Å²) in [6, 6.07) is 8.33. The lowest BCUT2D eigenvalue weighted by molar-refractivity contribution is 0.371. The number of benzene rings is 1. The van der Waals surface area contributed by atoms with Crippen LogP contribution in [-0.4, -0.2) is 26.0 Å². The predicted octanol–water partition coefficient (Wildman–Crippen LogP) is 3.18. The highest BCUT2D eigenvalue weighted by atomic mass is 32.2. The second-order valence-electron chi connectivity index (χ2n) is 4.53. The third kappa shape index (κ3) is 4.25. The van der Waals surface area contributed by atoms with E-state index in [9.17, 15) is 0 Å². The molecule has 0 amide bonds. The molecule has 2 nitrogen and oxygen atoms in total. The molecule has 2 rings (SSSR count). The number of hydrogen-bond acceptors (Lipinski definition) is 3. The molecular formula is C14H21NOS. The summed E-state index contributed by atoms with van der Waals surface area (Å²) in [4.78, 5) is 1.31. The first-order chi connectivity index (χ1) is 8.38. The Hall–Kier alpha value is -0.670. The average Bonchev–Trinajstić information content (AvgIpc) is 2.40. The Labute approximate surface area is 108 Å². The smallest absolute Gasteiger partial charge is 0.119 e. The Kier molecular flexibility index (Phi) is 5.20. The second kappa shape index (κ2) is 6.92. The van der Waals surface area contributed by atoms with E-state index < -0.39 is 0 Å². The molecule has 1 saturated heterocycles. The van der Waals surface area contributed by atoms with Gasteiger partial charge in [0, 0.05) is 4.90 Å². The van der Waals surface area contributed by atoms with Gasteiger partial charge in [0.05, 0.1) is 7.11 Å². The zero-order chi connectivity index (χ0) is 11.9. The van der Waals surface area contributed by atoms with Gasteiger partial charge in [0.15, 0.2) is 0 Å². The van der Waals surface area contributed by atoms with Gasteiger partial charge >= 0.3 is 0 Å². The fourth-order valence-electron chi connectivity index (χ4n) is 2.20. The van der Waals surface area contributed by atoms with Crippen molar-refractivity contribution in [1.82, 2.24) is 5.32 Å². The van der Waals surface area contributed by atoms with Crippen LogP contribution in [0, 0.1) is 5.92 Å². The molecule has 3 heteroatoms. The largest absolute Gasteiger partial charge is 0.497 e. The molecule has 0 aliphatic carbocycles. The standard InChI is InChI=1S/C14H21NOS/c1-16-13-5-2-6-14(10-13)17-9-7-12-4-3-8-15-11-12/h2,5-6,10,12,15H,3-4,7-9,11H2,1H3. The van der Waals surface area contributed by atoms with Crippen molar-refractivity contribution in [2.45, 2.75) is 24.2 Å². The number of methoxy groups -OCH3 is 1. The van der Waals surface area contributed by atoms with Crippen molar-refractivity contribution in [3.8, 4) is 5.75 Å². The zero-order valence-electron chi connectivity index (χ0n) is 10.4. The number of nitrogens with one attached hydrogen (secondary N) is 1. The quantitative estimate of drug-likeness (QED) is 0.812. The van der Waals surface area contributed by atoms with Gasteiger partial charge in [0.25, 0.3) is 0 Å². The molecule has 1 aliphatic heterocycles. The number of ether oxygens (including phenoxy) is 1. The Balaban J connectivity index is 1.73. The SMILES string of the molecule is COc1cccc(SCCC2CCCNC2)c1. The molecule has 0 spiro atoms. The van der Waals surface area contributed by atoms with Crippen LogP contribution < -0.4 is 10.1 Å². The molecule has 0 saturated carbocycles. The maximum absolute atomic E-state index is 5.23. The van der Waals surface area contributed by atoms with Gasteiger partial charge in [-0.15, -0.1) is 11.8 Å². The first kappa shape index (κ1) is 12.8. The summed E-state index contributed by atoms with van der Waals surface area (Å²) < 4.78 is 5.23. The van der Waals surface area contributed by atoms with Crippen LogP contribution in [0.2, 0.25) is 0 Å². The van der Waals surface area contributed by atoms with Crippen LogP contribution in [-0.2, 0) is 0 Å². The fraction of sp³-hybridized carbons (Fsp3) is 0.571. The van der Waals surface area contributed by atoms with Crippen LogP contribution in [0.4, 0.5) is 0 Å². The molecule has 1 heterocycles. The molecule has 1 atom stereocenters. The Bertz CT molecular complexity index is 337. The van der Waals surface area contributed by atoms with Crippen molar-refractivity contribution >= 4 is 11.8 Å². The molecule has 1 aliphatic rings. The molecule has 0 aromatic heterocycles. The highest BCUT2D eigenvalue weighted by molar-refractivity contribution is 7.99. The molecule has 0 radical (unpaired) electrons. The van der Waals surface area contributed by atoms with E-state index in [1.807, 2.05) is 17.8 Å². The number of hydrogen-bond donors (Lipinski definition) is 1. The summed E-state index contributed by atoms with van der Waals surface area (Å²) in [5, 5.41) is 3.47. The summed E-state index contributed by atoms with van der Waals surface area (Å²) in [7, 11) is 1.72. The zero-order valence-corrected chi connectivity index (χ0v) is 11.3. The van der Waals surface area contributed by atoms with Gasteiger partial charge in [-0.1, -0.05) is 6.07 Å². The topological polar surface area (TPSA) is 21.3 Å². The van der Waals surface area contributed by atoms with Crippen molar-refractivity contribution in [3.63, 3.8) is 0 Å². The van der Waals surface area contributed by atoms with E-state index in [4.69, 9.17) is 4.74 Å². The van der Waals surface area contributed by atoms with Gasteiger partial charge in [-0.3, -0.25) is 0 Å². The first-order valence-corrected chi connectivity index (χ1v) is 7.34. The predicted molar refractivity (Wildman–Crippen MR) is 73.9 cm³/mol. The molecular weight excluding hydrogens is 230 g/mol. The number of piperidine rings is 1. The summed E-state index contributed by atoms with van der Waals surface area (Å²) in [6.07, 6.45) is 4.05. The molecule has 1 aromatic carbocycles. The van der Waals surface area contributed by atoms with Gasteiger partial charge in [0.2, 0.25) is 0 Å². The molecule has 0 bridgehead atoms. The summed E-state index contributed by atoms with van der Waals surface area (Å²) in [5.74, 6) is 3.04. The molecule has 94 valence electrons. The van der Waals surface area contributed by atoms with Crippen LogP contribution in [0.25, 0.3) is 0 Å². The third-order valence-electron chi connectivity index (χ3n) is 3.23. The van der Waals surface area contributed by atoms with Gasteiger partial charge in [-0.25, -0.2) is 0 Å². The van der Waals surface area contributed by atoms with E-state index in [-0.39, 0.29) is 0 Å². The number of rotatable bonds is 5. The lowest BCUT2D eigenvalue weighted by Gasteiger charge is -2.22. The lowest BCUT2D eigenvalue weighted by Crippen LogP contribution is -2.29. The molecule has 1 aromatic rings. The fourth-order valence-corrected chi connectivity index (χ4v) is 3.27.